The van der Waals surface area contributed by atoms with Crippen molar-refractivity contribution in [1.82, 2.24) is 5.32 Å². The maximum atomic E-state index is 12.9. The zero-order chi connectivity index (χ0) is 19.1. The minimum atomic E-state index is -0.152. The largest absolute Gasteiger partial charge is 0.486 e. The number of carbonyl (C=O) groups is 2. The van der Waals surface area contributed by atoms with Crippen LogP contribution in [0.5, 0.6) is 11.5 Å². The number of nitrogens with one attached hydrogen (secondary N) is 2. The Labute approximate surface area is 165 Å². The summed E-state index contributed by atoms with van der Waals surface area (Å²) in [5.41, 5.74) is 0.530. The van der Waals surface area contributed by atoms with Crippen LogP contribution in [0.4, 0.5) is 5.69 Å². The van der Waals surface area contributed by atoms with Gasteiger partial charge in [-0.05, 0) is 68.4 Å². The number of amides is 2. The third-order valence-corrected chi connectivity index (χ3v) is 6.98. The first-order chi connectivity index (χ1) is 13.6. The molecule has 0 aromatic heterocycles. The summed E-state index contributed by atoms with van der Waals surface area (Å²) in [5, 5.41) is 5.94. The molecule has 4 bridgehead atoms. The summed E-state index contributed by atoms with van der Waals surface area (Å²) >= 11 is 0. The Morgan fingerprint density at radius 2 is 1.61 bits per heavy atom. The van der Waals surface area contributed by atoms with Crippen molar-refractivity contribution in [2.45, 2.75) is 44.9 Å². The summed E-state index contributed by atoms with van der Waals surface area (Å²) in [5.74, 6) is 3.66. The number of benzene rings is 1. The number of hydrogen-bond acceptors (Lipinski definition) is 4. The third kappa shape index (κ3) is 3.33. The minimum Gasteiger partial charge on any atom is -0.486 e. The molecule has 0 atom stereocenters. The molecule has 6 rings (SSSR count). The SMILES string of the molecule is O=C(CCNC(=O)C12CC3CC(CC(C3)C1)C2)Nc1ccc2c(c1)OCCO2. The van der Waals surface area contributed by atoms with Crippen molar-refractivity contribution in [1.29, 1.82) is 0 Å². The first-order valence-corrected chi connectivity index (χ1v) is 10.6. The lowest BCUT2D eigenvalue weighted by Gasteiger charge is -2.55. The number of ether oxygens (including phenoxy) is 2. The molecule has 1 heterocycles. The van der Waals surface area contributed by atoms with Gasteiger partial charge in [0.15, 0.2) is 11.5 Å². The lowest BCUT2D eigenvalue weighted by Crippen LogP contribution is -2.53. The molecule has 0 spiro atoms. The summed E-state index contributed by atoms with van der Waals surface area (Å²) in [7, 11) is 0. The van der Waals surface area contributed by atoms with Crippen LogP contribution in [0.25, 0.3) is 0 Å². The zero-order valence-corrected chi connectivity index (χ0v) is 16.2. The third-order valence-electron chi connectivity index (χ3n) is 6.98. The van der Waals surface area contributed by atoms with Gasteiger partial charge >= 0.3 is 0 Å². The maximum Gasteiger partial charge on any atom is 0.226 e. The highest BCUT2D eigenvalue weighted by atomic mass is 16.6. The molecular weight excluding hydrogens is 356 g/mol. The van der Waals surface area contributed by atoms with Crippen molar-refractivity contribution in [2.75, 3.05) is 25.1 Å². The van der Waals surface area contributed by atoms with Gasteiger partial charge in [0.2, 0.25) is 11.8 Å². The monoisotopic (exact) mass is 384 g/mol. The van der Waals surface area contributed by atoms with Gasteiger partial charge in [0.1, 0.15) is 13.2 Å². The van der Waals surface area contributed by atoms with Crippen LogP contribution < -0.4 is 20.1 Å². The average Bonchev–Trinajstić information content (AvgIpc) is 2.67. The molecule has 0 saturated heterocycles. The van der Waals surface area contributed by atoms with E-state index >= 15 is 0 Å². The summed E-state index contributed by atoms with van der Waals surface area (Å²) in [4.78, 5) is 25.2. The molecule has 2 amide bonds. The van der Waals surface area contributed by atoms with Gasteiger partial charge in [-0.25, -0.2) is 0 Å². The molecule has 28 heavy (non-hydrogen) atoms. The van der Waals surface area contributed by atoms with Gasteiger partial charge in [0, 0.05) is 30.1 Å². The minimum absolute atomic E-state index is 0.109. The number of fused-ring (bicyclic) bond motifs is 1. The van der Waals surface area contributed by atoms with E-state index in [2.05, 4.69) is 10.6 Å². The molecule has 5 aliphatic rings. The molecule has 2 N–H and O–H groups in total. The topological polar surface area (TPSA) is 76.7 Å². The van der Waals surface area contributed by atoms with E-state index in [1.807, 2.05) is 0 Å². The Morgan fingerprint density at radius 3 is 2.29 bits per heavy atom. The van der Waals surface area contributed by atoms with E-state index in [1.54, 1.807) is 18.2 Å². The van der Waals surface area contributed by atoms with Crippen molar-refractivity contribution < 1.29 is 19.1 Å². The van der Waals surface area contributed by atoms with Crippen molar-refractivity contribution >= 4 is 17.5 Å². The molecule has 4 saturated carbocycles. The molecule has 1 aliphatic heterocycles. The van der Waals surface area contributed by atoms with Crippen LogP contribution in [-0.2, 0) is 9.59 Å². The van der Waals surface area contributed by atoms with Crippen LogP contribution in [0.15, 0.2) is 18.2 Å². The van der Waals surface area contributed by atoms with E-state index in [-0.39, 0.29) is 23.7 Å². The predicted octanol–water partition coefficient (Wildman–Crippen LogP) is 3.12. The predicted molar refractivity (Wildman–Crippen MR) is 104 cm³/mol. The fraction of sp³-hybridized carbons (Fsp3) is 0.636. The lowest BCUT2D eigenvalue weighted by atomic mass is 9.49. The van der Waals surface area contributed by atoms with Gasteiger partial charge in [-0.15, -0.1) is 0 Å². The standard InChI is InChI=1S/C22H28N2O4/c25-20(24-17-1-2-18-19(10-17)28-6-5-27-18)3-4-23-21(26)22-11-14-7-15(12-22)9-16(8-14)13-22/h1-2,10,14-16H,3-9,11-13H2,(H,23,26)(H,24,25). The maximum absolute atomic E-state index is 12.9. The van der Waals surface area contributed by atoms with Crippen LogP contribution in [0, 0.1) is 23.2 Å². The number of hydrogen-bond donors (Lipinski definition) is 2. The fourth-order valence-electron chi connectivity index (χ4n) is 6.21. The number of anilines is 1. The smallest absolute Gasteiger partial charge is 0.226 e. The first kappa shape index (κ1) is 17.8. The molecule has 6 heteroatoms. The Balaban J connectivity index is 1.12. The molecule has 1 aromatic rings. The summed E-state index contributed by atoms with van der Waals surface area (Å²) in [6, 6.07) is 5.39. The Kier molecular flexibility index (Phi) is 4.44. The van der Waals surface area contributed by atoms with Crippen LogP contribution in [0.2, 0.25) is 0 Å². The second-order valence-electron chi connectivity index (χ2n) is 9.11. The van der Waals surface area contributed by atoms with Crippen LogP contribution >= 0.6 is 0 Å². The molecule has 4 aliphatic carbocycles. The Morgan fingerprint density at radius 1 is 0.964 bits per heavy atom. The van der Waals surface area contributed by atoms with Crippen LogP contribution in [-0.4, -0.2) is 31.6 Å². The van der Waals surface area contributed by atoms with E-state index < -0.39 is 0 Å². The molecule has 0 radical (unpaired) electrons. The van der Waals surface area contributed by atoms with E-state index in [4.69, 9.17) is 9.47 Å². The highest BCUT2D eigenvalue weighted by molar-refractivity contribution is 5.91. The summed E-state index contributed by atoms with van der Waals surface area (Å²) in [6.07, 6.45) is 7.39. The molecule has 1 aromatic carbocycles. The average molecular weight is 384 g/mol. The van der Waals surface area contributed by atoms with E-state index in [0.717, 1.165) is 37.0 Å². The molecule has 0 unspecified atom stereocenters. The lowest BCUT2D eigenvalue weighted by molar-refractivity contribution is -0.146. The number of carbonyl (C=O) groups excluding carboxylic acids is 2. The normalized spacial score (nSPS) is 32.1. The highest BCUT2D eigenvalue weighted by Gasteiger charge is 2.54. The summed E-state index contributed by atoms with van der Waals surface area (Å²) < 4.78 is 11.0. The Hall–Kier alpha value is -2.24. The van der Waals surface area contributed by atoms with Gasteiger partial charge in [-0.3, -0.25) is 9.59 Å². The van der Waals surface area contributed by atoms with Crippen molar-refractivity contribution in [3.63, 3.8) is 0 Å². The first-order valence-electron chi connectivity index (χ1n) is 10.6. The van der Waals surface area contributed by atoms with Gasteiger partial charge < -0.3 is 20.1 Å². The van der Waals surface area contributed by atoms with Crippen molar-refractivity contribution in [3.8, 4) is 11.5 Å². The molecule has 150 valence electrons. The van der Waals surface area contributed by atoms with Crippen molar-refractivity contribution in [2.24, 2.45) is 23.2 Å². The van der Waals surface area contributed by atoms with Crippen LogP contribution in [0.3, 0.4) is 0 Å². The van der Waals surface area contributed by atoms with Gasteiger partial charge in [-0.1, -0.05) is 0 Å². The zero-order valence-electron chi connectivity index (χ0n) is 16.2. The van der Waals surface area contributed by atoms with Crippen molar-refractivity contribution in [3.05, 3.63) is 18.2 Å². The summed E-state index contributed by atoms with van der Waals surface area (Å²) in [6.45, 7) is 1.44. The van der Waals surface area contributed by atoms with E-state index in [9.17, 15) is 9.59 Å². The molecular formula is C22H28N2O4. The molecule has 6 nitrogen and oxygen atoms in total. The van der Waals surface area contributed by atoms with Crippen LogP contribution in [0.1, 0.15) is 44.9 Å². The number of rotatable bonds is 5. The van der Waals surface area contributed by atoms with Gasteiger partial charge in [-0.2, -0.15) is 0 Å². The van der Waals surface area contributed by atoms with E-state index in [1.165, 1.54) is 19.3 Å². The van der Waals surface area contributed by atoms with Gasteiger partial charge in [0.05, 0.1) is 0 Å². The second kappa shape index (κ2) is 6.98. The highest BCUT2D eigenvalue weighted by Crippen LogP contribution is 2.60. The second-order valence-corrected chi connectivity index (χ2v) is 9.11. The Bertz CT molecular complexity index is 755. The quantitative estimate of drug-likeness (QED) is 0.818. The van der Waals surface area contributed by atoms with E-state index in [0.29, 0.717) is 36.9 Å². The molecule has 4 fully saturated rings. The van der Waals surface area contributed by atoms with Gasteiger partial charge in [0.25, 0.3) is 0 Å². The fourth-order valence-corrected chi connectivity index (χ4v) is 6.21.